The molecule has 0 saturated heterocycles. The first-order chi connectivity index (χ1) is 11.6. The standard InChI is InChI=1S/C18H15FN2O3/c1-24-13-5-2-11(3-6-13)9-21-18(23)17(22)15-10-20-16-8-12(19)4-7-14(15)16/h2-8,10,20H,9H2,1H3,(H,21,23). The number of hydrogen-bond donors (Lipinski definition) is 2. The van der Waals surface area contributed by atoms with E-state index >= 15 is 0 Å². The molecule has 0 aliphatic carbocycles. The van der Waals surface area contributed by atoms with Crippen LogP contribution < -0.4 is 10.1 Å². The van der Waals surface area contributed by atoms with Crippen LogP contribution in [-0.4, -0.2) is 23.8 Å². The first kappa shape index (κ1) is 15.7. The Morgan fingerprint density at radius 1 is 1.17 bits per heavy atom. The number of carbonyl (C=O) groups is 2. The molecule has 24 heavy (non-hydrogen) atoms. The summed E-state index contributed by atoms with van der Waals surface area (Å²) in [5.74, 6) is -1.07. The fourth-order valence-electron chi connectivity index (χ4n) is 2.41. The molecular formula is C18H15FN2O3. The van der Waals surface area contributed by atoms with E-state index in [4.69, 9.17) is 4.74 Å². The van der Waals surface area contributed by atoms with Crippen LogP contribution in [0.2, 0.25) is 0 Å². The smallest absolute Gasteiger partial charge is 0.292 e. The van der Waals surface area contributed by atoms with Crippen LogP contribution in [0, 0.1) is 5.82 Å². The predicted octanol–water partition coefficient (Wildman–Crippen LogP) is 2.81. The Hall–Kier alpha value is -3.15. The van der Waals surface area contributed by atoms with Gasteiger partial charge in [-0.15, -0.1) is 0 Å². The van der Waals surface area contributed by atoms with Crippen molar-refractivity contribution in [2.75, 3.05) is 7.11 Å². The van der Waals surface area contributed by atoms with Crippen molar-refractivity contribution < 1.29 is 18.7 Å². The predicted molar refractivity (Wildman–Crippen MR) is 87.4 cm³/mol. The highest BCUT2D eigenvalue weighted by molar-refractivity contribution is 6.44. The van der Waals surface area contributed by atoms with Crippen LogP contribution in [0.15, 0.2) is 48.7 Å². The van der Waals surface area contributed by atoms with Gasteiger partial charge in [0, 0.05) is 23.6 Å². The number of fused-ring (bicyclic) bond motifs is 1. The minimum absolute atomic E-state index is 0.220. The molecule has 6 heteroatoms. The molecule has 0 aliphatic heterocycles. The summed E-state index contributed by atoms with van der Waals surface area (Å²) in [6.45, 7) is 0.228. The Balaban J connectivity index is 1.70. The molecule has 122 valence electrons. The maximum Gasteiger partial charge on any atom is 0.292 e. The molecule has 5 nitrogen and oxygen atoms in total. The summed E-state index contributed by atoms with van der Waals surface area (Å²) >= 11 is 0. The minimum atomic E-state index is -0.712. The highest BCUT2D eigenvalue weighted by atomic mass is 19.1. The molecule has 1 heterocycles. The number of benzene rings is 2. The number of aromatic nitrogens is 1. The van der Waals surface area contributed by atoms with Crippen LogP contribution in [0.5, 0.6) is 5.75 Å². The largest absolute Gasteiger partial charge is 0.497 e. The number of hydrogen-bond acceptors (Lipinski definition) is 3. The fourth-order valence-corrected chi connectivity index (χ4v) is 2.41. The quantitative estimate of drug-likeness (QED) is 0.559. The molecule has 0 bridgehead atoms. The Bertz CT molecular complexity index is 900. The molecule has 0 atom stereocenters. The number of carbonyl (C=O) groups excluding carboxylic acids is 2. The monoisotopic (exact) mass is 326 g/mol. The zero-order valence-corrected chi connectivity index (χ0v) is 12.9. The first-order valence-electron chi connectivity index (χ1n) is 7.30. The fraction of sp³-hybridized carbons (Fsp3) is 0.111. The van der Waals surface area contributed by atoms with Crippen molar-refractivity contribution in [1.82, 2.24) is 10.3 Å². The number of ketones is 1. The van der Waals surface area contributed by atoms with E-state index in [9.17, 15) is 14.0 Å². The number of methoxy groups -OCH3 is 1. The molecule has 0 spiro atoms. The molecule has 0 radical (unpaired) electrons. The van der Waals surface area contributed by atoms with Gasteiger partial charge in [0.2, 0.25) is 0 Å². The highest BCUT2D eigenvalue weighted by Crippen LogP contribution is 2.19. The van der Waals surface area contributed by atoms with Crippen molar-refractivity contribution in [3.05, 3.63) is 65.6 Å². The van der Waals surface area contributed by atoms with Crippen LogP contribution in [-0.2, 0) is 11.3 Å². The van der Waals surface area contributed by atoms with E-state index in [0.717, 1.165) is 5.56 Å². The normalized spacial score (nSPS) is 10.6. The van der Waals surface area contributed by atoms with Gasteiger partial charge in [0.25, 0.3) is 11.7 Å². The molecule has 0 fully saturated rings. The maximum absolute atomic E-state index is 13.2. The number of amides is 1. The van der Waals surface area contributed by atoms with Crippen molar-refractivity contribution in [3.63, 3.8) is 0 Å². The van der Waals surface area contributed by atoms with Gasteiger partial charge in [-0.05, 0) is 35.9 Å². The van der Waals surface area contributed by atoms with Crippen molar-refractivity contribution in [2.24, 2.45) is 0 Å². The number of halogens is 1. The number of rotatable bonds is 5. The second-order valence-electron chi connectivity index (χ2n) is 5.25. The summed E-state index contributed by atoms with van der Waals surface area (Å²) < 4.78 is 18.2. The highest BCUT2D eigenvalue weighted by Gasteiger charge is 2.19. The maximum atomic E-state index is 13.2. The van der Waals surface area contributed by atoms with E-state index in [1.807, 2.05) is 0 Å². The van der Waals surface area contributed by atoms with E-state index < -0.39 is 17.5 Å². The third-order valence-electron chi connectivity index (χ3n) is 3.71. The number of aromatic amines is 1. The van der Waals surface area contributed by atoms with Crippen LogP contribution in [0.25, 0.3) is 10.9 Å². The van der Waals surface area contributed by atoms with Crippen molar-refractivity contribution in [2.45, 2.75) is 6.54 Å². The number of nitrogens with one attached hydrogen (secondary N) is 2. The summed E-state index contributed by atoms with van der Waals surface area (Å²) in [6.07, 6.45) is 1.42. The molecule has 0 unspecified atom stereocenters. The van der Waals surface area contributed by atoms with Crippen LogP contribution in [0.4, 0.5) is 4.39 Å². The summed E-state index contributed by atoms with van der Waals surface area (Å²) in [4.78, 5) is 27.2. The molecule has 3 rings (SSSR count). The van der Waals surface area contributed by atoms with Gasteiger partial charge >= 0.3 is 0 Å². The minimum Gasteiger partial charge on any atom is -0.497 e. The van der Waals surface area contributed by atoms with Gasteiger partial charge in [-0.1, -0.05) is 12.1 Å². The third-order valence-corrected chi connectivity index (χ3v) is 3.71. The van der Waals surface area contributed by atoms with Gasteiger partial charge in [-0.25, -0.2) is 4.39 Å². The Morgan fingerprint density at radius 3 is 2.62 bits per heavy atom. The first-order valence-corrected chi connectivity index (χ1v) is 7.30. The molecule has 0 saturated carbocycles. The molecule has 3 aromatic rings. The lowest BCUT2D eigenvalue weighted by molar-refractivity contribution is -0.117. The average molecular weight is 326 g/mol. The van der Waals surface area contributed by atoms with Gasteiger partial charge in [-0.2, -0.15) is 0 Å². The van der Waals surface area contributed by atoms with E-state index in [2.05, 4.69) is 10.3 Å². The van der Waals surface area contributed by atoms with Gasteiger partial charge in [-0.3, -0.25) is 9.59 Å². The number of Topliss-reactive ketones (excluding diaryl/α,β-unsaturated/α-hetero) is 1. The lowest BCUT2D eigenvalue weighted by Gasteiger charge is -2.05. The van der Waals surface area contributed by atoms with Crippen LogP contribution in [0.3, 0.4) is 0 Å². The van der Waals surface area contributed by atoms with Gasteiger partial charge in [0.1, 0.15) is 11.6 Å². The summed E-state index contributed by atoms with van der Waals surface area (Å²) in [5.41, 5.74) is 1.54. The van der Waals surface area contributed by atoms with Crippen molar-refractivity contribution in [1.29, 1.82) is 0 Å². The SMILES string of the molecule is COc1ccc(CNC(=O)C(=O)c2c[nH]c3cc(F)ccc23)cc1. The van der Waals surface area contributed by atoms with Gasteiger partial charge < -0.3 is 15.0 Å². The van der Waals surface area contributed by atoms with Gasteiger partial charge in [0.15, 0.2) is 0 Å². The van der Waals surface area contributed by atoms with E-state index in [0.29, 0.717) is 16.7 Å². The molecule has 2 N–H and O–H groups in total. The molecule has 0 aliphatic rings. The number of H-pyrrole nitrogens is 1. The lowest BCUT2D eigenvalue weighted by Crippen LogP contribution is -2.30. The third kappa shape index (κ3) is 3.12. The van der Waals surface area contributed by atoms with Crippen LogP contribution in [0.1, 0.15) is 15.9 Å². The topological polar surface area (TPSA) is 71.2 Å². The van der Waals surface area contributed by atoms with E-state index in [1.54, 1.807) is 31.4 Å². The number of ether oxygens (including phenoxy) is 1. The second kappa shape index (κ2) is 6.54. The summed E-state index contributed by atoms with van der Waals surface area (Å²) in [6, 6.07) is 11.2. The van der Waals surface area contributed by atoms with E-state index in [1.165, 1.54) is 24.4 Å². The van der Waals surface area contributed by atoms with Crippen molar-refractivity contribution >= 4 is 22.6 Å². The van der Waals surface area contributed by atoms with Crippen molar-refractivity contribution in [3.8, 4) is 5.75 Å². The Morgan fingerprint density at radius 2 is 1.92 bits per heavy atom. The summed E-state index contributed by atoms with van der Waals surface area (Å²) in [7, 11) is 1.57. The van der Waals surface area contributed by atoms with Gasteiger partial charge in [0.05, 0.1) is 12.7 Å². The zero-order chi connectivity index (χ0) is 17.1. The summed E-state index contributed by atoms with van der Waals surface area (Å²) in [5, 5.41) is 3.10. The van der Waals surface area contributed by atoms with Crippen LogP contribution >= 0.6 is 0 Å². The lowest BCUT2D eigenvalue weighted by atomic mass is 10.1. The Labute approximate surface area is 137 Å². The Kier molecular flexibility index (Phi) is 4.29. The molecule has 1 aromatic heterocycles. The molecule has 2 aromatic carbocycles. The second-order valence-corrected chi connectivity index (χ2v) is 5.25. The molecular weight excluding hydrogens is 311 g/mol. The molecule has 1 amide bonds. The average Bonchev–Trinajstić information content (AvgIpc) is 3.02. The zero-order valence-electron chi connectivity index (χ0n) is 12.9. The van der Waals surface area contributed by atoms with E-state index in [-0.39, 0.29) is 12.1 Å².